The Bertz CT molecular complexity index is 837. The zero-order valence-electron chi connectivity index (χ0n) is 16.1. The molecule has 0 heterocycles. The normalized spacial score (nSPS) is 19.6. The number of nitrogens with one attached hydrogen (secondary N) is 1. The average molecular weight is 394 g/mol. The topological polar surface area (TPSA) is 92.7 Å². The number of hydrogen-bond acceptors (Lipinski definition) is 5. The van der Waals surface area contributed by atoms with Gasteiger partial charge in [-0.3, -0.25) is 14.4 Å². The van der Waals surface area contributed by atoms with E-state index in [0.717, 1.165) is 0 Å². The van der Waals surface area contributed by atoms with Crippen molar-refractivity contribution in [2.24, 2.45) is 0 Å². The van der Waals surface area contributed by atoms with E-state index in [2.05, 4.69) is 5.32 Å². The lowest BCUT2D eigenvalue weighted by molar-refractivity contribution is -0.154. The molecular weight excluding hydrogens is 370 g/mol. The third-order valence-electron chi connectivity index (χ3n) is 4.54. The van der Waals surface area contributed by atoms with Gasteiger partial charge in [0.05, 0.1) is 5.41 Å². The first kappa shape index (κ1) is 21.0. The van der Waals surface area contributed by atoms with E-state index >= 15 is 0 Å². The van der Waals surface area contributed by atoms with Crippen molar-refractivity contribution in [3.63, 3.8) is 0 Å². The van der Waals surface area contributed by atoms with Gasteiger partial charge in [-0.1, -0.05) is 18.5 Å². The Hall–Kier alpha value is -2.34. The summed E-state index contributed by atoms with van der Waals surface area (Å²) in [6.07, 6.45) is 0.412. The van der Waals surface area contributed by atoms with E-state index in [0.29, 0.717) is 22.6 Å². The van der Waals surface area contributed by atoms with Gasteiger partial charge in [-0.05, 0) is 57.9 Å². The van der Waals surface area contributed by atoms with Gasteiger partial charge < -0.3 is 15.2 Å². The minimum absolute atomic E-state index is 0.363. The Morgan fingerprint density at radius 1 is 1.30 bits per heavy atom. The molecule has 1 atom stereocenters. The number of rotatable bonds is 4. The monoisotopic (exact) mass is 393 g/mol. The number of ether oxygens (including phenoxy) is 1. The van der Waals surface area contributed by atoms with Gasteiger partial charge in [0.1, 0.15) is 23.5 Å². The van der Waals surface area contributed by atoms with Crippen molar-refractivity contribution < 1.29 is 24.2 Å². The molecule has 1 unspecified atom stereocenters. The second-order valence-corrected chi connectivity index (χ2v) is 8.13. The van der Waals surface area contributed by atoms with Crippen LogP contribution >= 0.6 is 11.6 Å². The van der Waals surface area contributed by atoms with Gasteiger partial charge in [-0.25, -0.2) is 0 Å². The van der Waals surface area contributed by atoms with Crippen LogP contribution in [-0.2, 0) is 24.5 Å². The van der Waals surface area contributed by atoms with E-state index < -0.39 is 41.0 Å². The SMILES string of the molecule is CCC1(C)C(=O)C(C(=O)NCC(=O)OC(C)(C)C)=C(O)c2ccc(Cl)cc21. The summed E-state index contributed by atoms with van der Waals surface area (Å²) >= 11 is 6.05. The fourth-order valence-electron chi connectivity index (χ4n) is 3.00. The number of Topliss-reactive ketones (excluding diaryl/α,β-unsaturated/α-hetero) is 1. The molecule has 1 aliphatic rings. The van der Waals surface area contributed by atoms with Gasteiger partial charge in [0.2, 0.25) is 0 Å². The van der Waals surface area contributed by atoms with E-state index in [4.69, 9.17) is 16.3 Å². The van der Waals surface area contributed by atoms with Crippen LogP contribution in [-0.4, -0.2) is 34.9 Å². The van der Waals surface area contributed by atoms with E-state index in [1.807, 2.05) is 6.92 Å². The summed E-state index contributed by atoms with van der Waals surface area (Å²) in [6.45, 7) is 8.25. The lowest BCUT2D eigenvalue weighted by Crippen LogP contribution is -2.44. The van der Waals surface area contributed by atoms with Crippen molar-refractivity contribution in [2.75, 3.05) is 6.54 Å². The van der Waals surface area contributed by atoms with E-state index in [1.54, 1.807) is 45.9 Å². The Morgan fingerprint density at radius 2 is 1.93 bits per heavy atom. The molecule has 0 saturated heterocycles. The molecule has 0 aromatic heterocycles. The highest BCUT2D eigenvalue weighted by Crippen LogP contribution is 2.42. The summed E-state index contributed by atoms with van der Waals surface area (Å²) in [6, 6.07) is 4.79. The van der Waals surface area contributed by atoms with Crippen LogP contribution in [0, 0.1) is 0 Å². The lowest BCUT2D eigenvalue weighted by Gasteiger charge is -2.34. The first-order valence-electron chi connectivity index (χ1n) is 8.69. The second-order valence-electron chi connectivity index (χ2n) is 7.70. The van der Waals surface area contributed by atoms with Gasteiger partial charge in [-0.15, -0.1) is 0 Å². The van der Waals surface area contributed by atoms with Crippen LogP contribution in [0.1, 0.15) is 52.2 Å². The standard InChI is InChI=1S/C20H24ClNO5/c1-6-20(5)13-9-11(21)7-8-12(13)16(24)15(17(20)25)18(26)22-10-14(23)27-19(2,3)4/h7-9,24H,6,10H2,1-5H3,(H,22,26). The molecule has 0 bridgehead atoms. The van der Waals surface area contributed by atoms with Crippen molar-refractivity contribution in [1.82, 2.24) is 5.32 Å². The van der Waals surface area contributed by atoms with Crippen molar-refractivity contribution in [3.8, 4) is 0 Å². The maximum absolute atomic E-state index is 13.0. The first-order valence-corrected chi connectivity index (χ1v) is 9.07. The molecule has 2 rings (SSSR count). The average Bonchev–Trinajstić information content (AvgIpc) is 2.56. The molecule has 0 aliphatic heterocycles. The number of ketones is 1. The van der Waals surface area contributed by atoms with Gasteiger partial charge in [0, 0.05) is 10.6 Å². The van der Waals surface area contributed by atoms with Crippen molar-refractivity contribution in [2.45, 2.75) is 52.1 Å². The van der Waals surface area contributed by atoms with Gasteiger partial charge in [-0.2, -0.15) is 0 Å². The van der Waals surface area contributed by atoms with Crippen LogP contribution in [0.2, 0.25) is 5.02 Å². The smallest absolute Gasteiger partial charge is 0.325 e. The number of aliphatic hydroxyl groups excluding tert-OH is 1. The van der Waals surface area contributed by atoms with Crippen LogP contribution in [0.15, 0.2) is 23.8 Å². The maximum Gasteiger partial charge on any atom is 0.325 e. The number of fused-ring (bicyclic) bond motifs is 1. The molecule has 0 spiro atoms. The third kappa shape index (κ3) is 4.16. The molecule has 0 radical (unpaired) electrons. The van der Waals surface area contributed by atoms with Crippen LogP contribution in [0.3, 0.4) is 0 Å². The highest BCUT2D eigenvalue weighted by molar-refractivity contribution is 6.31. The zero-order valence-corrected chi connectivity index (χ0v) is 16.9. The van der Waals surface area contributed by atoms with Gasteiger partial charge >= 0.3 is 5.97 Å². The van der Waals surface area contributed by atoms with Crippen LogP contribution in [0.5, 0.6) is 0 Å². The molecule has 27 heavy (non-hydrogen) atoms. The minimum Gasteiger partial charge on any atom is -0.506 e. The summed E-state index contributed by atoms with van der Waals surface area (Å²) in [7, 11) is 0. The third-order valence-corrected chi connectivity index (χ3v) is 4.78. The summed E-state index contributed by atoms with van der Waals surface area (Å²) in [5.41, 5.74) is -1.11. The number of benzene rings is 1. The second kappa shape index (κ2) is 7.35. The van der Waals surface area contributed by atoms with Crippen LogP contribution < -0.4 is 5.32 Å². The van der Waals surface area contributed by atoms with E-state index in [1.165, 1.54) is 0 Å². The molecule has 1 amide bonds. The maximum atomic E-state index is 13.0. The predicted octanol–water partition coefficient (Wildman–Crippen LogP) is 3.32. The largest absolute Gasteiger partial charge is 0.506 e. The number of carbonyl (C=O) groups is 3. The van der Waals surface area contributed by atoms with Gasteiger partial charge in [0.25, 0.3) is 5.91 Å². The lowest BCUT2D eigenvalue weighted by atomic mass is 9.68. The summed E-state index contributed by atoms with van der Waals surface area (Å²) in [5, 5.41) is 13.4. The first-order chi connectivity index (χ1) is 12.4. The molecular formula is C20H24ClNO5. The molecule has 2 N–H and O–H groups in total. The van der Waals surface area contributed by atoms with Crippen LogP contribution in [0.4, 0.5) is 0 Å². The highest BCUT2D eigenvalue weighted by atomic mass is 35.5. The van der Waals surface area contributed by atoms with Crippen molar-refractivity contribution >= 4 is 35.0 Å². The van der Waals surface area contributed by atoms with Crippen molar-refractivity contribution in [1.29, 1.82) is 0 Å². The number of aliphatic hydroxyl groups is 1. The van der Waals surface area contributed by atoms with E-state index in [-0.39, 0.29) is 5.57 Å². The van der Waals surface area contributed by atoms with E-state index in [9.17, 15) is 19.5 Å². The molecule has 0 fully saturated rings. The van der Waals surface area contributed by atoms with Crippen LogP contribution in [0.25, 0.3) is 5.76 Å². The quantitative estimate of drug-likeness (QED) is 0.604. The molecule has 1 aliphatic carbocycles. The number of halogens is 1. The Morgan fingerprint density at radius 3 is 2.48 bits per heavy atom. The summed E-state index contributed by atoms with van der Waals surface area (Å²) in [5.74, 6) is -2.38. The minimum atomic E-state index is -1.01. The molecule has 6 nitrogen and oxygen atoms in total. The molecule has 1 aromatic carbocycles. The summed E-state index contributed by atoms with van der Waals surface area (Å²) in [4.78, 5) is 37.4. The zero-order chi connectivity index (χ0) is 20.6. The fourth-order valence-corrected chi connectivity index (χ4v) is 3.17. The molecule has 7 heteroatoms. The predicted molar refractivity (Wildman–Crippen MR) is 103 cm³/mol. The molecule has 0 saturated carbocycles. The Balaban J connectivity index is 2.36. The van der Waals surface area contributed by atoms with Crippen molar-refractivity contribution in [3.05, 3.63) is 39.9 Å². The highest BCUT2D eigenvalue weighted by Gasteiger charge is 2.45. The Labute approximate surface area is 163 Å². The summed E-state index contributed by atoms with van der Waals surface area (Å²) < 4.78 is 5.13. The molecule has 1 aromatic rings. The number of esters is 1. The number of carbonyl (C=O) groups excluding carboxylic acids is 3. The molecule has 146 valence electrons. The Kier molecular flexibility index (Phi) is 5.71. The number of amides is 1. The van der Waals surface area contributed by atoms with Gasteiger partial charge in [0.15, 0.2) is 5.78 Å². The number of hydrogen-bond donors (Lipinski definition) is 2. The fraction of sp³-hybridized carbons (Fsp3) is 0.450.